The van der Waals surface area contributed by atoms with Crippen LogP contribution in [0.15, 0.2) is 0 Å². The molecule has 25 heavy (non-hydrogen) atoms. The van der Waals surface area contributed by atoms with Crippen LogP contribution in [0.4, 0.5) is 57.1 Å². The van der Waals surface area contributed by atoms with E-state index in [4.69, 9.17) is 0 Å². The van der Waals surface area contributed by atoms with Crippen LogP contribution in [0.25, 0.3) is 0 Å². The van der Waals surface area contributed by atoms with Gasteiger partial charge in [-0.25, -0.2) is 0 Å². The molecule has 19 heteroatoms. The summed E-state index contributed by atoms with van der Waals surface area (Å²) >= 11 is 13.7. The number of hydrogen-bond acceptors (Lipinski definition) is 2. The second-order valence-electron chi connectivity index (χ2n) is 3.85. The van der Waals surface area contributed by atoms with E-state index in [1.165, 1.54) is 4.74 Å². The molecule has 0 bridgehead atoms. The van der Waals surface area contributed by atoms with Gasteiger partial charge in [-0.05, 0) is 0 Å². The average Bonchev–Trinajstić information content (AvgIpc) is 2.20. The molecule has 0 aromatic rings. The molecule has 0 heterocycles. The van der Waals surface area contributed by atoms with Crippen LogP contribution < -0.4 is 0 Å². The summed E-state index contributed by atoms with van der Waals surface area (Å²) in [5.41, 5.74) is 0. The predicted molar refractivity (Wildman–Crippen MR) is 56.3 cm³/mol. The molecule has 0 saturated carbocycles. The Bertz CT molecular complexity index is 470. The van der Waals surface area contributed by atoms with E-state index in [2.05, 4.69) is 37.7 Å². The quantitative estimate of drug-likeness (QED) is 0.270. The molecule has 0 unspecified atom stereocenters. The molecule has 0 aliphatic rings. The Hall–Kier alpha value is 0.0969. The molecule has 0 amide bonds. The number of hydrogen-bond donors (Lipinski definition) is 0. The fourth-order valence-corrected chi connectivity index (χ4v) is 2.19. The van der Waals surface area contributed by atoms with E-state index in [0.29, 0.717) is 0 Å². The van der Waals surface area contributed by atoms with Gasteiger partial charge in [0.05, 0.1) is 0 Å². The first-order valence-corrected chi connectivity index (χ1v) is 9.78. The molecule has 0 saturated heterocycles. The standard InChI is InChI=1S/C6Cl3F13O2Si/c7-25(8,9)24-6(21,22)1(10,11)5(19,20)23-2(12,3(13,14)15)4(16,17)18. The monoisotopic (exact) mass is 484 g/mol. The highest BCUT2D eigenvalue weighted by Crippen LogP contribution is 2.55. The van der Waals surface area contributed by atoms with E-state index in [1.54, 1.807) is 0 Å². The van der Waals surface area contributed by atoms with Crippen molar-refractivity contribution in [1.29, 1.82) is 0 Å². The van der Waals surface area contributed by atoms with Gasteiger partial charge in [-0.1, -0.05) is 33.2 Å². The summed E-state index contributed by atoms with van der Waals surface area (Å²) in [6.07, 6.45) is -34.3. The lowest BCUT2D eigenvalue weighted by Gasteiger charge is -2.37. The van der Waals surface area contributed by atoms with Gasteiger partial charge in [0.2, 0.25) is 0 Å². The molecular formula is C6Cl3F13O2Si. The third-order valence-corrected chi connectivity index (χ3v) is 3.16. The Morgan fingerprint density at radius 3 is 1.12 bits per heavy atom. The first kappa shape index (κ1) is 25.1. The molecule has 2 nitrogen and oxygen atoms in total. The van der Waals surface area contributed by atoms with E-state index in [9.17, 15) is 57.1 Å². The first-order valence-electron chi connectivity index (χ1n) is 4.84. The lowest BCUT2D eigenvalue weighted by molar-refractivity contribution is -0.523. The molecule has 0 rings (SSSR count). The summed E-state index contributed by atoms with van der Waals surface area (Å²) in [6, 6.07) is 0. The maximum atomic E-state index is 13.0. The number of halogens is 16. The van der Waals surface area contributed by atoms with Crippen LogP contribution in [0, 0.1) is 0 Å². The number of ether oxygens (including phenoxy) is 1. The maximum absolute atomic E-state index is 13.0. The molecule has 152 valence electrons. The first-order chi connectivity index (χ1) is 10.4. The second-order valence-corrected chi connectivity index (χ2v) is 11.5. The van der Waals surface area contributed by atoms with Crippen LogP contribution in [0.5, 0.6) is 0 Å². The van der Waals surface area contributed by atoms with E-state index in [1.807, 2.05) is 0 Å². The summed E-state index contributed by atoms with van der Waals surface area (Å²) < 4.78 is 167. The minimum atomic E-state index is -7.44. The van der Waals surface area contributed by atoms with Crippen LogP contribution in [-0.2, 0) is 9.16 Å². The van der Waals surface area contributed by atoms with E-state index < -0.39 is 42.6 Å². The van der Waals surface area contributed by atoms with Crippen LogP contribution in [0.1, 0.15) is 0 Å². The van der Waals surface area contributed by atoms with Crippen LogP contribution in [0.3, 0.4) is 0 Å². The van der Waals surface area contributed by atoms with Crippen molar-refractivity contribution in [3.8, 4) is 0 Å². The average molecular weight is 485 g/mol. The van der Waals surface area contributed by atoms with Crippen molar-refractivity contribution < 1.29 is 66.2 Å². The van der Waals surface area contributed by atoms with Gasteiger partial charge in [-0.2, -0.15) is 57.1 Å². The van der Waals surface area contributed by atoms with Gasteiger partial charge in [0.1, 0.15) is 0 Å². The van der Waals surface area contributed by atoms with Gasteiger partial charge in [0.25, 0.3) is 0 Å². The van der Waals surface area contributed by atoms with E-state index >= 15 is 0 Å². The van der Waals surface area contributed by atoms with Crippen molar-refractivity contribution in [2.45, 2.75) is 36.3 Å². The highest BCUT2D eigenvalue weighted by molar-refractivity contribution is 7.62. The normalized spacial score (nSPS) is 16.3. The van der Waals surface area contributed by atoms with Gasteiger partial charge in [0.15, 0.2) is 0 Å². The van der Waals surface area contributed by atoms with Crippen molar-refractivity contribution in [3.63, 3.8) is 0 Å². The van der Waals surface area contributed by atoms with Crippen LogP contribution in [-0.4, -0.2) is 42.6 Å². The van der Waals surface area contributed by atoms with Gasteiger partial charge in [0, 0.05) is 0 Å². The van der Waals surface area contributed by atoms with Crippen molar-refractivity contribution >= 4 is 39.5 Å². The molecule has 0 N–H and O–H groups in total. The van der Waals surface area contributed by atoms with Crippen molar-refractivity contribution in [1.82, 2.24) is 0 Å². The molecule has 0 radical (unpaired) electrons. The van der Waals surface area contributed by atoms with Crippen molar-refractivity contribution in [2.24, 2.45) is 0 Å². The Balaban J connectivity index is 6.04. The SMILES string of the molecule is FC(F)(F)C(F)(OC(F)(F)C(F)(F)C(F)(F)O[Si](Cl)(Cl)Cl)C(F)(F)F. The second kappa shape index (κ2) is 6.61. The van der Waals surface area contributed by atoms with Crippen molar-refractivity contribution in [3.05, 3.63) is 0 Å². The maximum Gasteiger partial charge on any atom is 0.498 e. The summed E-state index contributed by atoms with van der Waals surface area (Å²) in [5.74, 6) is -14.8. The highest BCUT2D eigenvalue weighted by Gasteiger charge is 2.84. The lowest BCUT2D eigenvalue weighted by Crippen LogP contribution is -2.65. The summed E-state index contributed by atoms with van der Waals surface area (Å²) in [6.45, 7) is 0. The van der Waals surface area contributed by atoms with E-state index in [-0.39, 0.29) is 0 Å². The Labute approximate surface area is 142 Å². The van der Waals surface area contributed by atoms with Gasteiger partial charge in [-0.3, -0.25) is 4.74 Å². The van der Waals surface area contributed by atoms with Gasteiger partial charge >= 0.3 is 42.6 Å². The molecule has 0 spiro atoms. The third-order valence-electron chi connectivity index (χ3n) is 1.97. The van der Waals surface area contributed by atoms with Crippen LogP contribution >= 0.6 is 33.2 Å². The number of alkyl halides is 13. The predicted octanol–water partition coefficient (Wildman–Crippen LogP) is 5.78. The van der Waals surface area contributed by atoms with Crippen molar-refractivity contribution in [2.75, 3.05) is 0 Å². The molecule has 0 aromatic carbocycles. The van der Waals surface area contributed by atoms with Crippen LogP contribution in [0.2, 0.25) is 0 Å². The summed E-state index contributed by atoms with van der Waals surface area (Å²) in [4.78, 5) is 0. The minimum Gasteiger partial charge on any atom is -0.316 e. The highest BCUT2D eigenvalue weighted by atomic mass is 35.8. The minimum absolute atomic E-state index is 1.45. The topological polar surface area (TPSA) is 18.5 Å². The fraction of sp³-hybridized carbons (Fsp3) is 1.00. The molecule has 0 aliphatic heterocycles. The Kier molecular flexibility index (Phi) is 6.64. The largest absolute Gasteiger partial charge is 0.498 e. The molecule has 0 fully saturated rings. The lowest BCUT2D eigenvalue weighted by atomic mass is 10.2. The zero-order valence-electron chi connectivity index (χ0n) is 10.4. The fourth-order valence-electron chi connectivity index (χ4n) is 0.896. The summed E-state index contributed by atoms with van der Waals surface area (Å²) in [7, 11) is 0. The zero-order chi connectivity index (χ0) is 20.9. The molecule has 0 aromatic heterocycles. The molecule has 0 aliphatic carbocycles. The van der Waals surface area contributed by atoms with E-state index in [0.717, 1.165) is 0 Å². The number of rotatable bonds is 6. The third kappa shape index (κ3) is 5.09. The Morgan fingerprint density at radius 1 is 0.560 bits per heavy atom. The smallest absolute Gasteiger partial charge is 0.316 e. The zero-order valence-corrected chi connectivity index (χ0v) is 13.6. The Morgan fingerprint density at radius 2 is 0.880 bits per heavy atom. The van der Waals surface area contributed by atoms with Gasteiger partial charge < -0.3 is 4.43 Å². The molecular weight excluding hydrogens is 485 g/mol. The molecule has 0 atom stereocenters. The summed E-state index contributed by atoms with van der Waals surface area (Å²) in [5, 5.41) is 0. The van der Waals surface area contributed by atoms with Gasteiger partial charge in [-0.15, -0.1) is 0 Å².